The van der Waals surface area contributed by atoms with Crippen molar-refractivity contribution in [3.05, 3.63) is 56.8 Å². The molecule has 2 heterocycles. The first-order chi connectivity index (χ1) is 22.0. The summed E-state index contributed by atoms with van der Waals surface area (Å²) in [6.45, 7) is 9.95. The molecule has 3 N–H and O–H groups in total. The summed E-state index contributed by atoms with van der Waals surface area (Å²) in [6.07, 6.45) is 6.14. The van der Waals surface area contributed by atoms with Gasteiger partial charge < -0.3 is 25.2 Å². The van der Waals surface area contributed by atoms with E-state index in [1.54, 1.807) is 12.1 Å². The van der Waals surface area contributed by atoms with E-state index in [4.69, 9.17) is 28.2 Å². The molecule has 0 atom stereocenters. The molecule has 0 bridgehead atoms. The number of rotatable bonds is 9. The Bertz CT molecular complexity index is 1630. The molecule has 5 rings (SSSR count). The fraction of sp³-hybridized carbons (Fsp3) is 0.583. The number of hydrogen-bond donors (Lipinski definition) is 3. The number of amides is 2. The molecule has 1 aliphatic heterocycles. The van der Waals surface area contributed by atoms with Crippen molar-refractivity contribution in [3.63, 3.8) is 0 Å². The summed E-state index contributed by atoms with van der Waals surface area (Å²) in [7, 11) is 1.94. The third-order valence-corrected chi connectivity index (χ3v) is 10.9. The van der Waals surface area contributed by atoms with Crippen LogP contribution in [0.4, 0.5) is 10.1 Å². The van der Waals surface area contributed by atoms with Gasteiger partial charge >= 0.3 is 0 Å². The first kappa shape index (κ1) is 35.4. The second-order valence-electron chi connectivity index (χ2n) is 14.6. The molecule has 0 radical (unpaired) electrons. The maximum atomic E-state index is 14.1. The molecule has 256 valence electrons. The number of benzene rings is 2. The normalized spacial score (nSPS) is 19.7. The number of halogens is 3. The van der Waals surface area contributed by atoms with Gasteiger partial charge in [-0.25, -0.2) is 9.37 Å². The summed E-state index contributed by atoms with van der Waals surface area (Å²) >= 11 is 13.4. The number of piperidine rings is 1. The minimum atomic E-state index is -2.01. The third kappa shape index (κ3) is 8.06. The Balaban J connectivity index is 1.47. The second-order valence-corrected chi connectivity index (χ2v) is 15.4. The summed E-state index contributed by atoms with van der Waals surface area (Å²) in [4.78, 5) is 33.2. The van der Waals surface area contributed by atoms with Crippen LogP contribution in [-0.2, 0) is 24.8 Å². The number of nitrogens with zero attached hydrogens (tertiary/aromatic N) is 3. The SMILES string of the molecule is CC1CCC(NC(=O)c2cc3nc(Cc4c(Cl)ccc(CNC(=O)C(C)(C)F)c4Cl)n(C)c3cc2N2CCC(C(C)(C)O)CC2)CC1. The van der Waals surface area contributed by atoms with E-state index < -0.39 is 17.2 Å². The first-order valence-corrected chi connectivity index (χ1v) is 17.5. The molecule has 8 nitrogen and oxygen atoms in total. The summed E-state index contributed by atoms with van der Waals surface area (Å²) in [5, 5.41) is 17.4. The number of carbonyl (C=O) groups excluding carboxylic acids is 2. The molecule has 0 unspecified atom stereocenters. The molecule has 11 heteroatoms. The molecule has 2 aromatic carbocycles. The largest absolute Gasteiger partial charge is 0.390 e. The molecule has 47 heavy (non-hydrogen) atoms. The smallest absolute Gasteiger partial charge is 0.257 e. The third-order valence-electron chi connectivity index (χ3n) is 10.1. The van der Waals surface area contributed by atoms with Crippen LogP contribution < -0.4 is 15.5 Å². The van der Waals surface area contributed by atoms with Crippen LogP contribution in [0.25, 0.3) is 11.0 Å². The Labute approximate surface area is 287 Å². The van der Waals surface area contributed by atoms with E-state index in [1.807, 2.05) is 31.5 Å². The van der Waals surface area contributed by atoms with Crippen LogP contribution in [0, 0.1) is 11.8 Å². The number of hydrogen-bond acceptors (Lipinski definition) is 5. The molecule has 3 aromatic rings. The number of aromatic nitrogens is 2. The molecule has 1 aromatic heterocycles. The Hall–Kier alpha value is -2.88. The zero-order valence-corrected chi connectivity index (χ0v) is 29.9. The maximum absolute atomic E-state index is 14.1. The van der Waals surface area contributed by atoms with E-state index in [9.17, 15) is 19.1 Å². The lowest BCUT2D eigenvalue weighted by molar-refractivity contribution is -0.130. The molecule has 1 aliphatic carbocycles. The van der Waals surface area contributed by atoms with E-state index in [1.165, 1.54) is 13.8 Å². The molecule has 1 saturated carbocycles. The van der Waals surface area contributed by atoms with Crippen LogP contribution in [0.15, 0.2) is 24.3 Å². The average Bonchev–Trinajstić information content (AvgIpc) is 3.32. The molecular weight excluding hydrogens is 640 g/mol. The number of carbonyl (C=O) groups is 2. The Morgan fingerprint density at radius 1 is 1.04 bits per heavy atom. The standard InChI is InChI=1S/C36H48Cl2FN5O3/c1-21-7-10-24(11-8-21)41-33(45)26-17-28-30(19-29(26)44-15-13-23(14-16-44)36(4,5)47)43(6)31(42-28)18-25-27(37)12-9-22(32(25)38)20-40-34(46)35(2,3)39/h9,12,17,19,21,23-24,47H,7-8,10-11,13-16,18,20H2,1-6H3,(H,40,46)(H,41,45). The molecule has 2 aliphatic rings. The fourth-order valence-electron chi connectivity index (χ4n) is 6.86. The van der Waals surface area contributed by atoms with Crippen molar-refractivity contribution in [1.82, 2.24) is 20.2 Å². The minimum Gasteiger partial charge on any atom is -0.390 e. The lowest BCUT2D eigenvalue weighted by Crippen LogP contribution is -2.43. The molecule has 2 fully saturated rings. The van der Waals surface area contributed by atoms with Crippen LogP contribution in [-0.4, -0.2) is 56.9 Å². The highest BCUT2D eigenvalue weighted by Gasteiger charge is 2.33. The van der Waals surface area contributed by atoms with Crippen LogP contribution in [0.2, 0.25) is 10.0 Å². The number of anilines is 1. The second kappa shape index (κ2) is 13.9. The Morgan fingerprint density at radius 2 is 1.70 bits per heavy atom. The Kier molecular flexibility index (Phi) is 10.5. The first-order valence-electron chi connectivity index (χ1n) is 16.7. The molecular formula is C36H48Cl2FN5O3. The highest BCUT2D eigenvalue weighted by atomic mass is 35.5. The van der Waals surface area contributed by atoms with Crippen molar-refractivity contribution in [3.8, 4) is 0 Å². The number of aliphatic hydroxyl groups is 1. The van der Waals surface area contributed by atoms with Crippen molar-refractivity contribution in [2.75, 3.05) is 18.0 Å². The lowest BCUT2D eigenvalue weighted by atomic mass is 9.83. The number of imidazole rings is 1. The van der Waals surface area contributed by atoms with Gasteiger partial charge in [-0.1, -0.05) is 36.2 Å². The van der Waals surface area contributed by atoms with Gasteiger partial charge in [-0.2, -0.15) is 0 Å². The van der Waals surface area contributed by atoms with E-state index in [0.29, 0.717) is 50.4 Å². The van der Waals surface area contributed by atoms with E-state index >= 15 is 0 Å². The number of alkyl halides is 1. The van der Waals surface area contributed by atoms with E-state index in [0.717, 1.165) is 62.8 Å². The monoisotopic (exact) mass is 687 g/mol. The number of fused-ring (bicyclic) bond motifs is 1. The van der Waals surface area contributed by atoms with Crippen LogP contribution >= 0.6 is 23.2 Å². The van der Waals surface area contributed by atoms with Gasteiger partial charge in [0.25, 0.3) is 11.8 Å². The van der Waals surface area contributed by atoms with Gasteiger partial charge in [-0.3, -0.25) is 9.59 Å². The summed E-state index contributed by atoms with van der Waals surface area (Å²) in [6, 6.07) is 7.55. The molecule has 1 saturated heterocycles. The van der Waals surface area contributed by atoms with Gasteiger partial charge in [0.1, 0.15) is 5.82 Å². The van der Waals surface area contributed by atoms with Crippen molar-refractivity contribution >= 4 is 51.7 Å². The van der Waals surface area contributed by atoms with E-state index in [2.05, 4.69) is 28.5 Å². The number of aryl methyl sites for hydroxylation is 1. The zero-order valence-electron chi connectivity index (χ0n) is 28.4. The van der Waals surface area contributed by atoms with Crippen molar-refractivity contribution < 1.29 is 19.1 Å². The molecule has 0 spiro atoms. The van der Waals surface area contributed by atoms with Crippen molar-refractivity contribution in [2.45, 2.75) is 103 Å². The average molecular weight is 689 g/mol. The van der Waals surface area contributed by atoms with Crippen LogP contribution in [0.5, 0.6) is 0 Å². The van der Waals surface area contributed by atoms with Gasteiger partial charge in [0.05, 0.1) is 32.9 Å². The summed E-state index contributed by atoms with van der Waals surface area (Å²) < 4.78 is 16.1. The maximum Gasteiger partial charge on any atom is 0.257 e. The molecule has 2 amide bonds. The van der Waals surface area contributed by atoms with Gasteiger partial charge in [0.15, 0.2) is 5.67 Å². The summed E-state index contributed by atoms with van der Waals surface area (Å²) in [5.41, 5.74) is 1.56. The number of nitrogens with one attached hydrogen (secondary N) is 2. The highest BCUT2D eigenvalue weighted by Crippen LogP contribution is 2.36. The highest BCUT2D eigenvalue weighted by molar-refractivity contribution is 6.36. The Morgan fingerprint density at radius 3 is 2.32 bits per heavy atom. The van der Waals surface area contributed by atoms with Gasteiger partial charge in [0.2, 0.25) is 0 Å². The lowest BCUT2D eigenvalue weighted by Gasteiger charge is -2.39. The van der Waals surface area contributed by atoms with Crippen molar-refractivity contribution in [1.29, 1.82) is 0 Å². The van der Waals surface area contributed by atoms with E-state index in [-0.39, 0.29) is 24.4 Å². The van der Waals surface area contributed by atoms with Gasteiger partial charge in [-0.15, -0.1) is 0 Å². The topological polar surface area (TPSA) is 99.5 Å². The zero-order chi connectivity index (χ0) is 34.3. The van der Waals surface area contributed by atoms with Crippen LogP contribution in [0.3, 0.4) is 0 Å². The van der Waals surface area contributed by atoms with Gasteiger partial charge in [0, 0.05) is 44.2 Å². The minimum absolute atomic E-state index is 0.0591. The van der Waals surface area contributed by atoms with Crippen molar-refractivity contribution in [2.24, 2.45) is 18.9 Å². The predicted molar refractivity (Wildman–Crippen MR) is 187 cm³/mol. The predicted octanol–water partition coefficient (Wildman–Crippen LogP) is 7.13. The summed E-state index contributed by atoms with van der Waals surface area (Å²) in [5.74, 6) is 0.770. The fourth-order valence-corrected chi connectivity index (χ4v) is 7.43. The quantitative estimate of drug-likeness (QED) is 0.222. The van der Waals surface area contributed by atoms with Crippen LogP contribution in [0.1, 0.15) is 100 Å². The van der Waals surface area contributed by atoms with Gasteiger partial charge in [-0.05, 0) is 107 Å².